The molecule has 2 aromatic rings. The Labute approximate surface area is 87.1 Å². The van der Waals surface area contributed by atoms with Crippen LogP contribution < -0.4 is 5.73 Å². The van der Waals surface area contributed by atoms with E-state index in [0.29, 0.717) is 11.6 Å². The molecule has 70 valence electrons. The second kappa shape index (κ2) is 3.75. The molecule has 3 heteroatoms. The molecule has 0 amide bonds. The maximum absolute atomic E-state index is 6.03. The molecule has 0 radical (unpaired) electrons. The average Bonchev–Trinajstić information content (AvgIpc) is 2.61. The van der Waals surface area contributed by atoms with E-state index >= 15 is 0 Å². The van der Waals surface area contributed by atoms with Gasteiger partial charge < -0.3 is 10.7 Å². The largest absolute Gasteiger partial charge is 0.361 e. The minimum atomic E-state index is 0.349. The molecule has 1 heterocycles. The Morgan fingerprint density at radius 1 is 1.43 bits per heavy atom. The van der Waals surface area contributed by atoms with E-state index in [2.05, 4.69) is 16.8 Å². The van der Waals surface area contributed by atoms with Gasteiger partial charge in [-0.25, -0.2) is 0 Å². The van der Waals surface area contributed by atoms with E-state index in [1.807, 2.05) is 24.4 Å². The topological polar surface area (TPSA) is 41.8 Å². The molecule has 0 saturated carbocycles. The van der Waals surface area contributed by atoms with Crippen LogP contribution in [-0.2, 0) is 0 Å². The lowest BCUT2D eigenvalue weighted by Crippen LogP contribution is -1.93. The van der Waals surface area contributed by atoms with Crippen LogP contribution in [0.25, 0.3) is 10.9 Å². The minimum absolute atomic E-state index is 0.349. The molecule has 1 aromatic carbocycles. The van der Waals surface area contributed by atoms with Crippen molar-refractivity contribution in [3.05, 3.63) is 35.0 Å². The Bertz CT molecular complexity index is 517. The number of hydrogen-bond acceptors (Lipinski definition) is 1. The van der Waals surface area contributed by atoms with E-state index in [1.54, 1.807) is 0 Å². The van der Waals surface area contributed by atoms with Crippen LogP contribution in [0.4, 0.5) is 0 Å². The van der Waals surface area contributed by atoms with Crippen molar-refractivity contribution in [3.8, 4) is 11.8 Å². The molecule has 3 N–H and O–H groups in total. The Morgan fingerprint density at radius 3 is 3.07 bits per heavy atom. The van der Waals surface area contributed by atoms with Gasteiger partial charge in [0.05, 0.1) is 11.6 Å². The van der Waals surface area contributed by atoms with Crippen molar-refractivity contribution in [2.45, 2.75) is 0 Å². The van der Waals surface area contributed by atoms with E-state index in [1.165, 1.54) is 0 Å². The minimum Gasteiger partial charge on any atom is -0.361 e. The standard InChI is InChI=1S/C11H9ClN2/c12-10-7-11-9(3-5-14-11)6-8(10)2-1-4-13/h3,5-7,14H,4,13H2. The van der Waals surface area contributed by atoms with E-state index in [4.69, 9.17) is 17.3 Å². The summed E-state index contributed by atoms with van der Waals surface area (Å²) in [5.41, 5.74) is 7.14. The normalized spacial score (nSPS) is 9.86. The number of aromatic nitrogens is 1. The van der Waals surface area contributed by atoms with Crippen LogP contribution in [0.1, 0.15) is 5.56 Å². The van der Waals surface area contributed by atoms with Crippen LogP contribution in [0.3, 0.4) is 0 Å². The molecule has 1 aromatic heterocycles. The number of fused-ring (bicyclic) bond motifs is 1. The number of nitrogens with one attached hydrogen (secondary N) is 1. The molecule has 0 atom stereocenters. The lowest BCUT2D eigenvalue weighted by molar-refractivity contribution is 1.30. The molecule has 0 saturated heterocycles. The summed E-state index contributed by atoms with van der Waals surface area (Å²) in [5.74, 6) is 5.72. The van der Waals surface area contributed by atoms with Gasteiger partial charge in [-0.05, 0) is 18.2 Å². The molecule has 0 aliphatic heterocycles. The van der Waals surface area contributed by atoms with Crippen LogP contribution >= 0.6 is 11.6 Å². The maximum Gasteiger partial charge on any atom is 0.0583 e. The first-order valence-electron chi connectivity index (χ1n) is 4.27. The summed E-state index contributed by atoms with van der Waals surface area (Å²) >= 11 is 6.03. The summed E-state index contributed by atoms with van der Waals surface area (Å²) in [6, 6.07) is 5.81. The van der Waals surface area contributed by atoms with Crippen molar-refractivity contribution in [1.29, 1.82) is 0 Å². The summed E-state index contributed by atoms with van der Waals surface area (Å²) in [7, 11) is 0. The van der Waals surface area contributed by atoms with Gasteiger partial charge in [-0.3, -0.25) is 0 Å². The molecule has 0 spiro atoms. The van der Waals surface area contributed by atoms with E-state index in [-0.39, 0.29) is 0 Å². The first kappa shape index (κ1) is 9.14. The van der Waals surface area contributed by atoms with E-state index in [0.717, 1.165) is 16.5 Å². The number of benzene rings is 1. The van der Waals surface area contributed by atoms with Gasteiger partial charge in [-0.15, -0.1) is 0 Å². The first-order chi connectivity index (χ1) is 6.81. The molecule has 0 aliphatic rings. The fourth-order valence-corrected chi connectivity index (χ4v) is 1.53. The predicted octanol–water partition coefficient (Wildman–Crippen LogP) is 2.13. The number of hydrogen-bond donors (Lipinski definition) is 2. The zero-order chi connectivity index (χ0) is 9.97. The Balaban J connectivity index is 2.59. The lowest BCUT2D eigenvalue weighted by atomic mass is 10.1. The number of nitrogens with two attached hydrogens (primary N) is 1. The summed E-state index contributed by atoms with van der Waals surface area (Å²) in [4.78, 5) is 3.09. The van der Waals surface area contributed by atoms with Crippen molar-refractivity contribution >= 4 is 22.5 Å². The monoisotopic (exact) mass is 204 g/mol. The maximum atomic E-state index is 6.03. The Kier molecular flexibility index (Phi) is 2.45. The highest BCUT2D eigenvalue weighted by molar-refractivity contribution is 6.32. The summed E-state index contributed by atoms with van der Waals surface area (Å²) < 4.78 is 0. The fraction of sp³-hybridized carbons (Fsp3) is 0.0909. The van der Waals surface area contributed by atoms with Crippen LogP contribution in [0.5, 0.6) is 0 Å². The van der Waals surface area contributed by atoms with Crippen LogP contribution in [0, 0.1) is 11.8 Å². The molecule has 0 aliphatic carbocycles. The molecule has 14 heavy (non-hydrogen) atoms. The highest BCUT2D eigenvalue weighted by atomic mass is 35.5. The van der Waals surface area contributed by atoms with Crippen molar-refractivity contribution in [1.82, 2.24) is 4.98 Å². The van der Waals surface area contributed by atoms with Crippen molar-refractivity contribution in [3.63, 3.8) is 0 Å². The van der Waals surface area contributed by atoms with Crippen LogP contribution in [0.2, 0.25) is 5.02 Å². The Morgan fingerprint density at radius 2 is 2.29 bits per heavy atom. The van der Waals surface area contributed by atoms with Gasteiger partial charge in [0.15, 0.2) is 0 Å². The number of H-pyrrole nitrogens is 1. The SMILES string of the molecule is NCC#Cc1cc2cc[nH]c2cc1Cl. The van der Waals surface area contributed by atoms with E-state index in [9.17, 15) is 0 Å². The highest BCUT2D eigenvalue weighted by Gasteiger charge is 2.00. The number of halogens is 1. The van der Waals surface area contributed by atoms with Gasteiger partial charge in [0.1, 0.15) is 0 Å². The fourth-order valence-electron chi connectivity index (χ4n) is 1.32. The van der Waals surface area contributed by atoms with Crippen molar-refractivity contribution in [2.24, 2.45) is 5.73 Å². The molecular formula is C11H9ClN2. The van der Waals surface area contributed by atoms with Crippen molar-refractivity contribution < 1.29 is 0 Å². The summed E-state index contributed by atoms with van der Waals surface area (Å²) in [5, 5.41) is 1.76. The molecule has 0 bridgehead atoms. The first-order valence-corrected chi connectivity index (χ1v) is 4.64. The number of rotatable bonds is 0. The van der Waals surface area contributed by atoms with Gasteiger partial charge in [-0.1, -0.05) is 23.4 Å². The smallest absolute Gasteiger partial charge is 0.0583 e. The third-order valence-corrected chi connectivity index (χ3v) is 2.28. The van der Waals surface area contributed by atoms with Crippen LogP contribution in [-0.4, -0.2) is 11.5 Å². The van der Waals surface area contributed by atoms with Gasteiger partial charge in [0.25, 0.3) is 0 Å². The highest BCUT2D eigenvalue weighted by Crippen LogP contribution is 2.22. The zero-order valence-corrected chi connectivity index (χ0v) is 8.23. The second-order valence-electron chi connectivity index (χ2n) is 2.90. The second-order valence-corrected chi connectivity index (χ2v) is 3.31. The summed E-state index contributed by atoms with van der Waals surface area (Å²) in [6.45, 7) is 0.349. The third-order valence-electron chi connectivity index (χ3n) is 1.97. The molecule has 2 nitrogen and oxygen atoms in total. The third kappa shape index (κ3) is 1.60. The van der Waals surface area contributed by atoms with E-state index < -0.39 is 0 Å². The molecular weight excluding hydrogens is 196 g/mol. The Hall–Kier alpha value is -1.43. The predicted molar refractivity (Wildman–Crippen MR) is 59.2 cm³/mol. The van der Waals surface area contributed by atoms with Gasteiger partial charge in [0.2, 0.25) is 0 Å². The molecule has 2 rings (SSSR count). The molecule has 0 fully saturated rings. The number of aromatic amines is 1. The van der Waals surface area contributed by atoms with Gasteiger partial charge >= 0.3 is 0 Å². The van der Waals surface area contributed by atoms with Gasteiger partial charge in [0, 0.05) is 22.7 Å². The zero-order valence-electron chi connectivity index (χ0n) is 7.47. The lowest BCUT2D eigenvalue weighted by Gasteiger charge is -1.96. The average molecular weight is 205 g/mol. The van der Waals surface area contributed by atoms with Crippen LogP contribution in [0.15, 0.2) is 24.4 Å². The summed E-state index contributed by atoms with van der Waals surface area (Å²) in [6.07, 6.45) is 1.88. The quantitative estimate of drug-likeness (QED) is 0.635. The van der Waals surface area contributed by atoms with Crippen molar-refractivity contribution in [2.75, 3.05) is 6.54 Å². The van der Waals surface area contributed by atoms with Gasteiger partial charge in [-0.2, -0.15) is 0 Å². The molecule has 0 unspecified atom stereocenters.